The van der Waals surface area contributed by atoms with Crippen LogP contribution in [0.25, 0.3) is 0 Å². The number of amides is 1. The van der Waals surface area contributed by atoms with E-state index in [0.717, 1.165) is 31.5 Å². The zero-order valence-corrected chi connectivity index (χ0v) is 19.7. The smallest absolute Gasteiger partial charge is 0.410 e. The molecule has 2 aromatic rings. The first-order chi connectivity index (χ1) is 15.1. The normalized spacial score (nSPS) is 20.8. The van der Waals surface area contributed by atoms with Crippen molar-refractivity contribution in [1.82, 2.24) is 14.9 Å². The summed E-state index contributed by atoms with van der Waals surface area (Å²) in [7, 11) is 0. The Hall–Kier alpha value is -2.32. The molecule has 10 heteroatoms. The average Bonchev–Trinajstić information content (AvgIpc) is 3.31. The van der Waals surface area contributed by atoms with Gasteiger partial charge in [0.15, 0.2) is 17.3 Å². The number of anilines is 1. The van der Waals surface area contributed by atoms with Crippen molar-refractivity contribution in [1.29, 1.82) is 0 Å². The molecule has 1 amide bonds. The van der Waals surface area contributed by atoms with Gasteiger partial charge in [-0.15, -0.1) is 0 Å². The summed E-state index contributed by atoms with van der Waals surface area (Å²) in [5.74, 6) is 0.580. The third-order valence-electron chi connectivity index (χ3n) is 5.66. The van der Waals surface area contributed by atoms with E-state index in [-0.39, 0.29) is 27.3 Å². The lowest BCUT2D eigenvalue weighted by Gasteiger charge is -2.27. The molecule has 2 aliphatic heterocycles. The molecule has 7 nitrogen and oxygen atoms in total. The van der Waals surface area contributed by atoms with Gasteiger partial charge >= 0.3 is 6.09 Å². The van der Waals surface area contributed by atoms with E-state index in [1.54, 1.807) is 4.90 Å². The first-order valence-electron chi connectivity index (χ1n) is 10.4. The van der Waals surface area contributed by atoms with Gasteiger partial charge in [-0.3, -0.25) is 0 Å². The van der Waals surface area contributed by atoms with Gasteiger partial charge in [0.2, 0.25) is 0 Å². The van der Waals surface area contributed by atoms with E-state index in [4.69, 9.17) is 32.7 Å². The van der Waals surface area contributed by atoms with Gasteiger partial charge in [-0.05, 0) is 45.7 Å². The van der Waals surface area contributed by atoms with Gasteiger partial charge in [-0.1, -0.05) is 23.2 Å². The summed E-state index contributed by atoms with van der Waals surface area (Å²) in [4.78, 5) is 24.9. The van der Waals surface area contributed by atoms with Gasteiger partial charge < -0.3 is 19.3 Å². The van der Waals surface area contributed by atoms with Gasteiger partial charge in [0.25, 0.3) is 0 Å². The topological polar surface area (TPSA) is 67.8 Å². The Morgan fingerprint density at radius 1 is 1.16 bits per heavy atom. The zero-order valence-electron chi connectivity index (χ0n) is 18.2. The molecule has 172 valence electrons. The molecule has 2 saturated heterocycles. The van der Waals surface area contributed by atoms with Gasteiger partial charge in [0.1, 0.15) is 17.7 Å². The van der Waals surface area contributed by atoms with Crippen LogP contribution in [-0.2, 0) is 4.74 Å². The molecule has 1 atom stereocenters. The molecule has 1 aromatic carbocycles. The van der Waals surface area contributed by atoms with E-state index in [2.05, 4.69) is 14.9 Å². The van der Waals surface area contributed by atoms with Crippen molar-refractivity contribution in [2.24, 2.45) is 5.41 Å². The van der Waals surface area contributed by atoms with Crippen LogP contribution < -0.4 is 9.64 Å². The number of carbonyl (C=O) groups excluding carboxylic acids is 1. The molecule has 0 saturated carbocycles. The number of ether oxygens (including phenoxy) is 2. The minimum absolute atomic E-state index is 0.0374. The van der Waals surface area contributed by atoms with Gasteiger partial charge in [0.05, 0.1) is 16.2 Å². The Morgan fingerprint density at radius 2 is 1.84 bits per heavy atom. The second kappa shape index (κ2) is 8.56. The Morgan fingerprint density at radius 3 is 2.53 bits per heavy atom. The van der Waals surface area contributed by atoms with Crippen LogP contribution in [0.1, 0.15) is 33.6 Å². The summed E-state index contributed by atoms with van der Waals surface area (Å²) in [5.41, 5.74) is -0.561. The van der Waals surface area contributed by atoms with E-state index < -0.39 is 11.4 Å². The molecule has 1 unspecified atom stereocenters. The van der Waals surface area contributed by atoms with Crippen LogP contribution in [0.2, 0.25) is 10.0 Å². The van der Waals surface area contributed by atoms with E-state index in [9.17, 15) is 9.18 Å². The first-order valence-corrected chi connectivity index (χ1v) is 11.2. The van der Waals surface area contributed by atoms with Gasteiger partial charge in [-0.25, -0.2) is 19.2 Å². The number of benzene rings is 1. The number of rotatable bonds is 3. The summed E-state index contributed by atoms with van der Waals surface area (Å²) in [5, 5.41) is 0.123. The Kier molecular flexibility index (Phi) is 6.11. The monoisotopic (exact) mass is 482 g/mol. The molecule has 0 radical (unpaired) electrons. The number of hydrogen-bond acceptors (Lipinski definition) is 6. The lowest BCUT2D eigenvalue weighted by Crippen LogP contribution is -2.37. The molecule has 3 heterocycles. The van der Waals surface area contributed by atoms with E-state index >= 15 is 0 Å². The molecule has 0 N–H and O–H groups in total. The summed E-state index contributed by atoms with van der Waals surface area (Å²) in [6, 6.07) is 2.28. The minimum Gasteiger partial charge on any atom is -0.449 e. The Bertz CT molecular complexity index is 1010. The van der Waals surface area contributed by atoms with Crippen LogP contribution >= 0.6 is 23.2 Å². The Labute approximate surface area is 196 Å². The SMILES string of the molecule is CC(C)(C)OC(=O)N1CCC2(CCN(c3ncncc3Oc3c(Cl)cc(F)cc3Cl)C2)C1. The number of hydrogen-bond donors (Lipinski definition) is 0. The molecule has 0 bridgehead atoms. The van der Waals surface area contributed by atoms with Crippen LogP contribution in [0.15, 0.2) is 24.7 Å². The largest absolute Gasteiger partial charge is 0.449 e. The van der Waals surface area contributed by atoms with Crippen LogP contribution in [0.3, 0.4) is 0 Å². The Balaban J connectivity index is 1.50. The highest BCUT2D eigenvalue weighted by atomic mass is 35.5. The molecular weight excluding hydrogens is 458 g/mol. The van der Waals surface area contributed by atoms with Gasteiger partial charge in [0, 0.05) is 31.6 Å². The van der Waals surface area contributed by atoms with Crippen LogP contribution in [0.5, 0.6) is 11.5 Å². The number of halogens is 3. The number of aromatic nitrogens is 2. The van der Waals surface area contributed by atoms with Crippen molar-refractivity contribution in [2.75, 3.05) is 31.1 Å². The van der Waals surface area contributed by atoms with E-state index in [0.29, 0.717) is 31.2 Å². The molecule has 2 fully saturated rings. The summed E-state index contributed by atoms with van der Waals surface area (Å²) < 4.78 is 25.0. The highest BCUT2D eigenvalue weighted by Crippen LogP contribution is 2.44. The van der Waals surface area contributed by atoms with Crippen molar-refractivity contribution in [2.45, 2.75) is 39.2 Å². The van der Waals surface area contributed by atoms with Crippen molar-refractivity contribution in [3.05, 3.63) is 40.5 Å². The standard InChI is InChI=1S/C22H25Cl2FN4O3/c1-21(2,3)32-20(30)29-7-5-22(12-29)4-6-28(11-22)19-17(10-26-13-27-19)31-18-15(23)8-14(25)9-16(18)24/h8-10,13H,4-7,11-12H2,1-3H3. The molecule has 1 aromatic heterocycles. The minimum atomic E-state index is -0.547. The maximum atomic E-state index is 13.5. The lowest BCUT2D eigenvalue weighted by molar-refractivity contribution is 0.0276. The number of carbonyl (C=O) groups is 1. The fourth-order valence-electron chi connectivity index (χ4n) is 4.22. The number of likely N-dealkylation sites (tertiary alicyclic amines) is 1. The molecule has 4 rings (SSSR count). The molecular formula is C22H25Cl2FN4O3. The fraction of sp³-hybridized carbons (Fsp3) is 0.500. The summed E-state index contributed by atoms with van der Waals surface area (Å²) in [6.45, 7) is 8.36. The highest BCUT2D eigenvalue weighted by molar-refractivity contribution is 6.37. The third-order valence-corrected chi connectivity index (χ3v) is 6.22. The maximum absolute atomic E-state index is 13.5. The van der Waals surface area contributed by atoms with Crippen LogP contribution in [0.4, 0.5) is 15.0 Å². The lowest BCUT2D eigenvalue weighted by atomic mass is 9.86. The zero-order chi connectivity index (χ0) is 23.1. The predicted molar refractivity (Wildman–Crippen MR) is 120 cm³/mol. The van der Waals surface area contributed by atoms with Crippen LogP contribution in [0, 0.1) is 11.2 Å². The third kappa shape index (κ3) is 4.86. The average molecular weight is 483 g/mol. The molecule has 1 spiro atoms. The highest BCUT2D eigenvalue weighted by Gasteiger charge is 2.46. The maximum Gasteiger partial charge on any atom is 0.410 e. The second-order valence-electron chi connectivity index (χ2n) is 9.33. The van der Waals surface area contributed by atoms with Crippen molar-refractivity contribution < 1.29 is 18.7 Å². The van der Waals surface area contributed by atoms with Gasteiger partial charge in [-0.2, -0.15) is 0 Å². The van der Waals surface area contributed by atoms with E-state index in [1.807, 2.05) is 20.8 Å². The molecule has 2 aliphatic rings. The molecule has 32 heavy (non-hydrogen) atoms. The van der Waals surface area contributed by atoms with Crippen molar-refractivity contribution in [3.63, 3.8) is 0 Å². The first kappa shape index (κ1) is 22.9. The number of nitrogens with zero attached hydrogens (tertiary/aromatic N) is 4. The summed E-state index contributed by atoms with van der Waals surface area (Å²) in [6.07, 6.45) is 4.50. The second-order valence-corrected chi connectivity index (χ2v) is 10.1. The van der Waals surface area contributed by atoms with Crippen LogP contribution in [-0.4, -0.2) is 52.7 Å². The van der Waals surface area contributed by atoms with Crippen molar-refractivity contribution >= 4 is 35.1 Å². The predicted octanol–water partition coefficient (Wildman–Crippen LogP) is 5.55. The molecule has 0 aliphatic carbocycles. The van der Waals surface area contributed by atoms with Crippen molar-refractivity contribution in [3.8, 4) is 11.5 Å². The summed E-state index contributed by atoms with van der Waals surface area (Å²) >= 11 is 12.3. The van der Waals surface area contributed by atoms with E-state index in [1.165, 1.54) is 12.5 Å². The quantitative estimate of drug-likeness (QED) is 0.570. The fourth-order valence-corrected chi connectivity index (χ4v) is 4.76.